The molecule has 9 heteroatoms. The maximum atomic E-state index is 12.7. The van der Waals surface area contributed by atoms with Gasteiger partial charge in [0.25, 0.3) is 5.91 Å². The van der Waals surface area contributed by atoms with E-state index < -0.39 is 6.10 Å². The molecule has 268 valence electrons. The highest BCUT2D eigenvalue weighted by molar-refractivity contribution is 6.34. The lowest BCUT2D eigenvalue weighted by Crippen LogP contribution is -2.25. The molecule has 3 atom stereocenters. The van der Waals surface area contributed by atoms with Gasteiger partial charge >= 0.3 is 5.97 Å². The number of nitriles is 1. The Morgan fingerprint density at radius 2 is 1.69 bits per heavy atom. The summed E-state index contributed by atoms with van der Waals surface area (Å²) in [5, 5.41) is 17.2. The molecule has 1 N–H and O–H groups in total. The molecule has 0 spiro atoms. The van der Waals surface area contributed by atoms with Crippen molar-refractivity contribution in [3.8, 4) is 17.6 Å². The Hall–Kier alpha value is -4.87. The Morgan fingerprint density at radius 3 is 2.25 bits per heavy atom. The number of aromatic nitrogens is 2. The van der Waals surface area contributed by atoms with Crippen LogP contribution >= 0.6 is 11.6 Å². The zero-order chi connectivity index (χ0) is 37.5. The number of para-hydroxylation sites is 1. The third-order valence-corrected chi connectivity index (χ3v) is 9.44. The summed E-state index contributed by atoms with van der Waals surface area (Å²) in [7, 11) is 1.73. The van der Waals surface area contributed by atoms with Crippen LogP contribution in [0.3, 0.4) is 0 Å². The van der Waals surface area contributed by atoms with Gasteiger partial charge in [-0.2, -0.15) is 10.4 Å². The third-order valence-electron chi connectivity index (χ3n) is 9.05. The largest absolute Gasteiger partial charge is 0.457 e. The Kier molecular flexibility index (Phi) is 12.5. The summed E-state index contributed by atoms with van der Waals surface area (Å²) < 4.78 is 12.9. The topological polar surface area (TPSA) is 106 Å². The van der Waals surface area contributed by atoms with E-state index in [2.05, 4.69) is 69.3 Å². The van der Waals surface area contributed by atoms with Crippen molar-refractivity contribution in [1.82, 2.24) is 15.1 Å². The zero-order valence-electron chi connectivity index (χ0n) is 31.1. The Bertz CT molecular complexity index is 1900. The molecule has 51 heavy (non-hydrogen) atoms. The molecule has 0 bridgehead atoms. The molecular weight excluding hydrogens is 660 g/mol. The highest BCUT2D eigenvalue weighted by atomic mass is 35.5. The van der Waals surface area contributed by atoms with E-state index in [-0.39, 0.29) is 34.5 Å². The van der Waals surface area contributed by atoms with Gasteiger partial charge in [0.15, 0.2) is 0 Å². The van der Waals surface area contributed by atoms with E-state index >= 15 is 0 Å². The number of rotatable bonds is 10. The molecule has 4 aromatic rings. The van der Waals surface area contributed by atoms with Gasteiger partial charge in [0.05, 0.1) is 16.6 Å². The van der Waals surface area contributed by atoms with E-state index in [0.29, 0.717) is 40.7 Å². The van der Waals surface area contributed by atoms with Gasteiger partial charge < -0.3 is 14.8 Å². The molecule has 1 saturated carbocycles. The highest BCUT2D eigenvalue weighted by Crippen LogP contribution is 2.60. The van der Waals surface area contributed by atoms with E-state index in [1.165, 1.54) is 11.1 Å². The molecule has 3 aromatic carbocycles. The molecule has 5 rings (SSSR count). The first-order chi connectivity index (χ1) is 24.1. The van der Waals surface area contributed by atoms with Crippen molar-refractivity contribution in [2.24, 2.45) is 24.3 Å². The summed E-state index contributed by atoms with van der Waals surface area (Å²) >= 11 is 6.23. The summed E-state index contributed by atoms with van der Waals surface area (Å²) in [4.78, 5) is 25.1. The number of aryl methyl sites for hydroxylation is 2. The van der Waals surface area contributed by atoms with Gasteiger partial charge in [-0.25, -0.2) is 0 Å². The van der Waals surface area contributed by atoms with Crippen molar-refractivity contribution >= 4 is 23.5 Å². The lowest BCUT2D eigenvalue weighted by atomic mass is 9.87. The van der Waals surface area contributed by atoms with Crippen LogP contribution in [-0.4, -0.2) is 21.7 Å². The minimum atomic E-state index is -0.962. The van der Waals surface area contributed by atoms with Crippen LogP contribution in [0.15, 0.2) is 90.5 Å². The molecule has 1 heterocycles. The molecular formula is C42H49ClN4O4. The number of benzene rings is 3. The normalized spacial score (nSPS) is 16.4. The molecule has 3 unspecified atom stereocenters. The predicted octanol–water partition coefficient (Wildman–Crippen LogP) is 9.69. The lowest BCUT2D eigenvalue weighted by Gasteiger charge is -2.19. The second-order valence-electron chi connectivity index (χ2n) is 14.7. The number of carbonyl (C=O) groups is 2. The standard InChI is InChI=1S/C24H25NO3.C18H24ClN3O/c1-16(2)13-20-22(24(20,3)4)23(26)28-21(15-25)17-9-8-12-19(14-17)27-18-10-6-5-7-11-18;1-6-14-15(19)16(22(5)21-14)17(23)20-11-12-7-9-13(10-8-12)18(2,3)4/h5-14,20-22H,1-4H3;7-10H,6,11H2,1-5H3,(H,20,23). The quantitative estimate of drug-likeness (QED) is 0.130. The summed E-state index contributed by atoms with van der Waals surface area (Å²) in [6, 6.07) is 26.9. The third kappa shape index (κ3) is 9.89. The van der Waals surface area contributed by atoms with Gasteiger partial charge in [-0.05, 0) is 72.4 Å². The van der Waals surface area contributed by atoms with E-state index in [9.17, 15) is 14.9 Å². The summed E-state index contributed by atoms with van der Waals surface area (Å²) in [6.45, 7) is 17.1. The maximum Gasteiger partial charge on any atom is 0.311 e. The van der Waals surface area contributed by atoms with Gasteiger partial charge in [-0.15, -0.1) is 0 Å². The average molecular weight is 709 g/mol. The fourth-order valence-corrected chi connectivity index (χ4v) is 6.32. The first-order valence-electron chi connectivity index (χ1n) is 17.2. The smallest absolute Gasteiger partial charge is 0.311 e. The van der Waals surface area contributed by atoms with Crippen LogP contribution in [-0.2, 0) is 35.0 Å². The average Bonchev–Trinajstić information content (AvgIpc) is 3.48. The number of allylic oxidation sites excluding steroid dienone is 2. The van der Waals surface area contributed by atoms with Crippen LogP contribution < -0.4 is 10.1 Å². The Labute approximate surface area is 307 Å². The van der Waals surface area contributed by atoms with Crippen molar-refractivity contribution in [3.05, 3.63) is 124 Å². The monoisotopic (exact) mass is 708 g/mol. The van der Waals surface area contributed by atoms with Crippen LogP contribution in [0.5, 0.6) is 11.5 Å². The van der Waals surface area contributed by atoms with Gasteiger partial charge in [-0.1, -0.05) is 119 Å². The Morgan fingerprint density at radius 1 is 1.04 bits per heavy atom. The summed E-state index contributed by atoms with van der Waals surface area (Å²) in [6.07, 6.45) is 1.85. The van der Waals surface area contributed by atoms with Crippen molar-refractivity contribution in [1.29, 1.82) is 5.26 Å². The molecule has 8 nitrogen and oxygen atoms in total. The number of hydrogen-bond acceptors (Lipinski definition) is 6. The second kappa shape index (κ2) is 16.4. The molecule has 0 radical (unpaired) electrons. The molecule has 1 aliphatic rings. The van der Waals surface area contributed by atoms with E-state index in [1.807, 2.05) is 69.3 Å². The van der Waals surface area contributed by atoms with E-state index in [0.717, 1.165) is 11.3 Å². The minimum Gasteiger partial charge on any atom is -0.457 e. The molecule has 1 aliphatic carbocycles. The van der Waals surface area contributed by atoms with E-state index in [4.69, 9.17) is 21.1 Å². The van der Waals surface area contributed by atoms with Crippen molar-refractivity contribution in [3.63, 3.8) is 0 Å². The highest BCUT2D eigenvalue weighted by Gasteiger charge is 2.61. The number of nitrogens with one attached hydrogen (secondary N) is 1. The number of carbonyl (C=O) groups excluding carboxylic acids is 2. The molecule has 1 amide bonds. The maximum absolute atomic E-state index is 12.7. The first kappa shape index (κ1) is 38.9. The van der Waals surface area contributed by atoms with Crippen LogP contribution in [0.4, 0.5) is 0 Å². The van der Waals surface area contributed by atoms with E-state index in [1.54, 1.807) is 29.9 Å². The number of hydrogen-bond donors (Lipinski definition) is 1. The van der Waals surface area contributed by atoms with Crippen LogP contribution in [0.25, 0.3) is 0 Å². The van der Waals surface area contributed by atoms with Crippen molar-refractivity contribution < 1.29 is 19.1 Å². The second-order valence-corrected chi connectivity index (χ2v) is 15.1. The lowest BCUT2D eigenvalue weighted by molar-refractivity contribution is -0.149. The number of nitrogens with zero attached hydrogens (tertiary/aromatic N) is 3. The Balaban J connectivity index is 0.000000233. The van der Waals surface area contributed by atoms with Gasteiger partial charge in [0, 0.05) is 19.2 Å². The fourth-order valence-electron chi connectivity index (χ4n) is 5.94. The number of halogens is 1. The molecule has 1 aromatic heterocycles. The SMILES string of the molecule is CC(C)=CC1C(C(=O)OC(C#N)c2cccc(Oc3ccccc3)c2)C1(C)C.CCc1nn(C)c(C(=O)NCc2ccc(C(C)(C)C)cc2)c1Cl. The molecule has 0 saturated heterocycles. The first-order valence-corrected chi connectivity index (χ1v) is 17.6. The van der Waals surface area contributed by atoms with Crippen LogP contribution in [0.1, 0.15) is 94.4 Å². The molecule has 0 aliphatic heterocycles. The van der Waals surface area contributed by atoms with Gasteiger partial charge in [-0.3, -0.25) is 14.3 Å². The number of ether oxygens (including phenoxy) is 2. The number of amides is 1. The van der Waals surface area contributed by atoms with Crippen LogP contribution in [0, 0.1) is 28.6 Å². The summed E-state index contributed by atoms with van der Waals surface area (Å²) in [5.74, 6) is 0.695. The summed E-state index contributed by atoms with van der Waals surface area (Å²) in [5.41, 5.74) is 5.24. The van der Waals surface area contributed by atoms with Crippen molar-refractivity contribution in [2.75, 3.05) is 0 Å². The fraction of sp³-hybridized carbons (Fsp3) is 0.381. The molecule has 1 fully saturated rings. The van der Waals surface area contributed by atoms with Crippen molar-refractivity contribution in [2.45, 2.75) is 79.9 Å². The predicted molar refractivity (Wildman–Crippen MR) is 202 cm³/mol. The zero-order valence-corrected chi connectivity index (χ0v) is 31.8. The van der Waals surface area contributed by atoms with Gasteiger partial charge in [0.2, 0.25) is 6.10 Å². The number of esters is 1. The minimum absolute atomic E-state index is 0.126. The van der Waals surface area contributed by atoms with Crippen LogP contribution in [0.2, 0.25) is 5.02 Å². The van der Waals surface area contributed by atoms with Gasteiger partial charge in [0.1, 0.15) is 23.3 Å².